The summed E-state index contributed by atoms with van der Waals surface area (Å²) in [5.41, 5.74) is -0.634. The zero-order valence-corrected chi connectivity index (χ0v) is 16.2. The van der Waals surface area contributed by atoms with Crippen molar-refractivity contribution in [3.8, 4) is 0 Å². The zero-order chi connectivity index (χ0) is 19.9. The third kappa shape index (κ3) is 5.50. The smallest absolute Gasteiger partial charge is 0.311 e. The van der Waals surface area contributed by atoms with Crippen molar-refractivity contribution >= 4 is 21.9 Å². The Morgan fingerprint density at radius 3 is 2.33 bits per heavy atom. The van der Waals surface area contributed by atoms with Crippen LogP contribution in [0.15, 0.2) is 29.2 Å². The van der Waals surface area contributed by atoms with E-state index in [2.05, 4.69) is 10.0 Å². The van der Waals surface area contributed by atoms with E-state index in [1.807, 2.05) is 0 Å². The van der Waals surface area contributed by atoms with E-state index in [9.17, 15) is 23.1 Å². The van der Waals surface area contributed by atoms with Crippen molar-refractivity contribution < 1.29 is 27.9 Å². The van der Waals surface area contributed by atoms with Gasteiger partial charge in [0.1, 0.15) is 0 Å². The third-order valence-corrected chi connectivity index (χ3v) is 6.35. The predicted octanol–water partition coefficient (Wildman–Crippen LogP) is 1.38. The number of nitrogens with one attached hydrogen (secondary N) is 2. The van der Waals surface area contributed by atoms with E-state index in [0.717, 1.165) is 19.3 Å². The molecule has 150 valence electrons. The summed E-state index contributed by atoms with van der Waals surface area (Å²) in [6, 6.07) is 5.51. The number of carboxylic acid groups (broad SMARTS) is 1. The molecule has 1 aliphatic carbocycles. The number of aliphatic carboxylic acids is 1. The number of carboxylic acids is 1. The minimum absolute atomic E-state index is 0.0458. The Labute approximate surface area is 159 Å². The Hall–Kier alpha value is -1.97. The molecule has 3 N–H and O–H groups in total. The van der Waals surface area contributed by atoms with Crippen molar-refractivity contribution in [1.82, 2.24) is 10.0 Å². The zero-order valence-electron chi connectivity index (χ0n) is 15.4. The molecule has 1 aromatic rings. The van der Waals surface area contributed by atoms with Crippen LogP contribution in [0.4, 0.5) is 0 Å². The van der Waals surface area contributed by atoms with Crippen molar-refractivity contribution in [3.63, 3.8) is 0 Å². The number of hydrogen-bond acceptors (Lipinski definition) is 5. The monoisotopic (exact) mass is 398 g/mol. The third-order valence-electron chi connectivity index (χ3n) is 4.88. The maximum Gasteiger partial charge on any atom is 0.311 e. The highest BCUT2D eigenvalue weighted by Gasteiger charge is 2.39. The standard InChI is InChI=1S/C18H26N2O6S/c1-26-12-11-20-27(24,25)15-7-5-14(6-8-15)16(21)19-13-18(17(22)23)9-3-2-4-10-18/h5-8,20H,2-4,9-13H2,1H3,(H,19,21)(H,22,23). The number of rotatable bonds is 9. The van der Waals surface area contributed by atoms with Gasteiger partial charge in [-0.3, -0.25) is 9.59 Å². The normalized spacial score (nSPS) is 16.6. The molecule has 1 amide bonds. The fourth-order valence-corrected chi connectivity index (χ4v) is 4.21. The molecule has 9 heteroatoms. The Kier molecular flexibility index (Phi) is 7.34. The molecule has 0 spiro atoms. The lowest BCUT2D eigenvalue weighted by molar-refractivity contribution is -0.150. The summed E-state index contributed by atoms with van der Waals surface area (Å²) in [6.07, 6.45) is 3.78. The first kappa shape index (κ1) is 21.3. The maximum absolute atomic E-state index is 12.3. The quantitative estimate of drug-likeness (QED) is 0.540. The van der Waals surface area contributed by atoms with Gasteiger partial charge in [0.05, 0.1) is 16.9 Å². The van der Waals surface area contributed by atoms with E-state index in [1.165, 1.54) is 31.4 Å². The molecule has 1 fully saturated rings. The Morgan fingerprint density at radius 1 is 1.15 bits per heavy atom. The van der Waals surface area contributed by atoms with Gasteiger partial charge in [-0.2, -0.15) is 0 Å². The lowest BCUT2D eigenvalue weighted by Gasteiger charge is -2.33. The van der Waals surface area contributed by atoms with E-state index >= 15 is 0 Å². The van der Waals surface area contributed by atoms with Crippen LogP contribution in [0.1, 0.15) is 42.5 Å². The molecule has 1 saturated carbocycles. The molecule has 0 atom stereocenters. The van der Waals surface area contributed by atoms with Gasteiger partial charge < -0.3 is 15.2 Å². The van der Waals surface area contributed by atoms with E-state index in [0.29, 0.717) is 12.8 Å². The van der Waals surface area contributed by atoms with Gasteiger partial charge >= 0.3 is 5.97 Å². The van der Waals surface area contributed by atoms with E-state index in [1.54, 1.807) is 0 Å². The molecule has 0 radical (unpaired) electrons. The van der Waals surface area contributed by atoms with Gasteiger partial charge in [-0.15, -0.1) is 0 Å². The van der Waals surface area contributed by atoms with Crippen molar-refractivity contribution in [2.75, 3.05) is 26.8 Å². The Balaban J connectivity index is 2.00. The van der Waals surface area contributed by atoms with Crippen molar-refractivity contribution in [2.24, 2.45) is 5.41 Å². The molecule has 2 rings (SSSR count). The van der Waals surface area contributed by atoms with Crippen LogP contribution in [0.2, 0.25) is 0 Å². The van der Waals surface area contributed by atoms with Crippen LogP contribution in [0.3, 0.4) is 0 Å². The Morgan fingerprint density at radius 2 is 1.78 bits per heavy atom. The first-order valence-electron chi connectivity index (χ1n) is 8.91. The summed E-state index contributed by atoms with van der Waals surface area (Å²) in [6.45, 7) is 0.475. The second-order valence-corrected chi connectivity index (χ2v) is 8.51. The largest absolute Gasteiger partial charge is 0.481 e. The summed E-state index contributed by atoms with van der Waals surface area (Å²) in [5, 5.41) is 12.2. The first-order chi connectivity index (χ1) is 12.8. The topological polar surface area (TPSA) is 122 Å². The van der Waals surface area contributed by atoms with E-state index in [-0.39, 0.29) is 30.2 Å². The molecule has 0 aliphatic heterocycles. The van der Waals surface area contributed by atoms with Gasteiger partial charge in [-0.25, -0.2) is 13.1 Å². The Bertz CT molecular complexity index is 755. The van der Waals surface area contributed by atoms with Crippen molar-refractivity contribution in [2.45, 2.75) is 37.0 Å². The van der Waals surface area contributed by atoms with Gasteiger partial charge in [0.25, 0.3) is 5.91 Å². The van der Waals surface area contributed by atoms with E-state index < -0.39 is 27.3 Å². The highest BCUT2D eigenvalue weighted by molar-refractivity contribution is 7.89. The molecule has 0 bridgehead atoms. The molecule has 0 heterocycles. The van der Waals surface area contributed by atoms with Gasteiger partial charge in [-0.05, 0) is 37.1 Å². The molecule has 1 aromatic carbocycles. The highest BCUT2D eigenvalue weighted by atomic mass is 32.2. The van der Waals surface area contributed by atoms with Gasteiger partial charge in [0, 0.05) is 25.8 Å². The molecule has 0 saturated heterocycles. The first-order valence-corrected chi connectivity index (χ1v) is 10.4. The number of methoxy groups -OCH3 is 1. The minimum atomic E-state index is -3.66. The molecule has 27 heavy (non-hydrogen) atoms. The summed E-state index contributed by atoms with van der Waals surface area (Å²) in [5.74, 6) is -1.30. The van der Waals surface area contributed by atoms with Crippen LogP contribution in [0.5, 0.6) is 0 Å². The minimum Gasteiger partial charge on any atom is -0.481 e. The predicted molar refractivity (Wildman–Crippen MR) is 99.0 cm³/mol. The van der Waals surface area contributed by atoms with Crippen LogP contribution in [-0.4, -0.2) is 52.2 Å². The van der Waals surface area contributed by atoms with Crippen LogP contribution >= 0.6 is 0 Å². The second kappa shape index (κ2) is 9.29. The fraction of sp³-hybridized carbons (Fsp3) is 0.556. The summed E-state index contributed by atoms with van der Waals surface area (Å²) in [4.78, 5) is 24.0. The van der Waals surface area contributed by atoms with Crippen molar-refractivity contribution in [3.05, 3.63) is 29.8 Å². The van der Waals surface area contributed by atoms with Crippen molar-refractivity contribution in [1.29, 1.82) is 0 Å². The number of hydrogen-bond donors (Lipinski definition) is 3. The van der Waals surface area contributed by atoms with Crippen LogP contribution < -0.4 is 10.0 Å². The molecular weight excluding hydrogens is 372 g/mol. The van der Waals surface area contributed by atoms with Gasteiger partial charge in [-0.1, -0.05) is 19.3 Å². The second-order valence-electron chi connectivity index (χ2n) is 6.74. The van der Waals surface area contributed by atoms with Crippen LogP contribution in [0, 0.1) is 5.41 Å². The van der Waals surface area contributed by atoms with Gasteiger partial charge in [0.15, 0.2) is 0 Å². The summed E-state index contributed by atoms with van der Waals surface area (Å²) in [7, 11) is -2.19. The number of ether oxygens (including phenoxy) is 1. The molecule has 0 aromatic heterocycles. The maximum atomic E-state index is 12.3. The number of sulfonamides is 1. The lowest BCUT2D eigenvalue weighted by Crippen LogP contribution is -2.44. The lowest BCUT2D eigenvalue weighted by atomic mass is 9.74. The fourth-order valence-electron chi connectivity index (χ4n) is 3.19. The molecule has 8 nitrogen and oxygen atoms in total. The van der Waals surface area contributed by atoms with Crippen LogP contribution in [0.25, 0.3) is 0 Å². The average molecular weight is 398 g/mol. The molecular formula is C18H26N2O6S. The number of amides is 1. The number of carbonyl (C=O) groups excluding carboxylic acids is 1. The van der Waals surface area contributed by atoms with E-state index in [4.69, 9.17) is 4.74 Å². The molecule has 1 aliphatic rings. The average Bonchev–Trinajstić information content (AvgIpc) is 2.67. The SMILES string of the molecule is COCCNS(=O)(=O)c1ccc(C(=O)NCC2(C(=O)O)CCCCC2)cc1. The number of carbonyl (C=O) groups is 2. The van der Waals surface area contributed by atoms with Gasteiger partial charge in [0.2, 0.25) is 10.0 Å². The molecule has 0 unspecified atom stereocenters. The highest BCUT2D eigenvalue weighted by Crippen LogP contribution is 2.36. The summed E-state index contributed by atoms with van der Waals surface area (Å²) >= 11 is 0. The van der Waals surface area contributed by atoms with Crippen LogP contribution in [-0.2, 0) is 19.6 Å². The number of benzene rings is 1. The summed E-state index contributed by atoms with van der Waals surface area (Å²) < 4.78 is 31.4.